The Balaban J connectivity index is 0.00000144. The number of benzene rings is 1. The zero-order chi connectivity index (χ0) is 11.8. The van der Waals surface area contributed by atoms with Crippen molar-refractivity contribution in [2.24, 2.45) is 5.73 Å². The summed E-state index contributed by atoms with van der Waals surface area (Å²) >= 11 is 6.05. The molecule has 0 aliphatic heterocycles. The average molecular weight is 273 g/mol. The summed E-state index contributed by atoms with van der Waals surface area (Å²) in [7, 11) is 0. The van der Waals surface area contributed by atoms with Crippen LogP contribution >= 0.6 is 24.0 Å². The highest BCUT2D eigenvalue weighted by Gasteiger charge is 2.39. The van der Waals surface area contributed by atoms with Crippen molar-refractivity contribution in [3.63, 3.8) is 0 Å². The van der Waals surface area contributed by atoms with Crippen LogP contribution in [0.3, 0.4) is 0 Å². The molecule has 3 nitrogen and oxygen atoms in total. The molecule has 0 aromatic heterocycles. The summed E-state index contributed by atoms with van der Waals surface area (Å²) in [6, 6.07) is 5.43. The minimum Gasteiger partial charge on any atom is -0.490 e. The largest absolute Gasteiger partial charge is 0.490 e. The molecule has 0 heterocycles. The Morgan fingerprint density at radius 1 is 1.53 bits per heavy atom. The van der Waals surface area contributed by atoms with Crippen LogP contribution in [0.15, 0.2) is 12.1 Å². The highest BCUT2D eigenvalue weighted by Crippen LogP contribution is 2.35. The van der Waals surface area contributed by atoms with Crippen LogP contribution in [-0.2, 0) is 0 Å². The van der Waals surface area contributed by atoms with E-state index >= 15 is 0 Å². The van der Waals surface area contributed by atoms with Crippen molar-refractivity contribution < 1.29 is 4.74 Å². The minimum absolute atomic E-state index is 0. The molecule has 0 amide bonds. The summed E-state index contributed by atoms with van der Waals surface area (Å²) < 4.78 is 5.63. The summed E-state index contributed by atoms with van der Waals surface area (Å²) in [6.07, 6.45) is 2.00. The monoisotopic (exact) mass is 272 g/mol. The fourth-order valence-electron chi connectivity index (χ4n) is 1.50. The first kappa shape index (κ1) is 14.1. The van der Waals surface area contributed by atoms with Gasteiger partial charge in [-0.05, 0) is 37.5 Å². The Morgan fingerprint density at radius 2 is 2.18 bits per heavy atom. The van der Waals surface area contributed by atoms with Crippen molar-refractivity contribution in [3.8, 4) is 11.8 Å². The predicted molar refractivity (Wildman–Crippen MR) is 69.8 cm³/mol. The second-order valence-electron chi connectivity index (χ2n) is 4.37. The van der Waals surface area contributed by atoms with E-state index < -0.39 is 0 Å². The van der Waals surface area contributed by atoms with Gasteiger partial charge in [-0.1, -0.05) is 11.6 Å². The molecule has 0 radical (unpaired) electrons. The van der Waals surface area contributed by atoms with E-state index in [1.807, 2.05) is 6.92 Å². The third-order valence-electron chi connectivity index (χ3n) is 2.75. The van der Waals surface area contributed by atoms with E-state index in [1.165, 1.54) is 0 Å². The lowest BCUT2D eigenvalue weighted by Gasteiger charge is -2.14. The third kappa shape index (κ3) is 3.26. The fraction of sp³-hybridized carbons (Fsp3) is 0.417. The molecule has 1 aliphatic rings. The molecule has 92 valence electrons. The minimum atomic E-state index is -0.163. The molecule has 0 bridgehead atoms. The van der Waals surface area contributed by atoms with Crippen molar-refractivity contribution in [1.29, 1.82) is 5.26 Å². The standard InChI is InChI=1S/C12H13ClN2O.ClH/c1-8-4-9(6-14)5-10(13)11(8)16-7-12(15)2-3-12;/h4-5H,2-3,7,15H2,1H3;1H. The Hall–Kier alpha value is -0.950. The van der Waals surface area contributed by atoms with Crippen LogP contribution in [0.4, 0.5) is 0 Å². The van der Waals surface area contributed by atoms with Gasteiger partial charge >= 0.3 is 0 Å². The second kappa shape index (κ2) is 5.14. The van der Waals surface area contributed by atoms with Crippen molar-refractivity contribution in [2.45, 2.75) is 25.3 Å². The van der Waals surface area contributed by atoms with Crippen molar-refractivity contribution in [3.05, 3.63) is 28.3 Å². The number of hydrogen-bond donors (Lipinski definition) is 1. The Labute approximate surface area is 112 Å². The Kier molecular flexibility index (Phi) is 4.26. The normalized spacial score (nSPS) is 15.6. The zero-order valence-corrected chi connectivity index (χ0v) is 11.1. The number of rotatable bonds is 3. The van der Waals surface area contributed by atoms with Gasteiger partial charge in [0, 0.05) is 0 Å². The van der Waals surface area contributed by atoms with Gasteiger partial charge in [0.25, 0.3) is 0 Å². The molecule has 0 saturated heterocycles. The van der Waals surface area contributed by atoms with Gasteiger partial charge in [0.2, 0.25) is 0 Å². The van der Waals surface area contributed by atoms with Crippen LogP contribution in [0, 0.1) is 18.3 Å². The molecule has 17 heavy (non-hydrogen) atoms. The molecule has 1 fully saturated rings. The molecule has 0 spiro atoms. The van der Waals surface area contributed by atoms with Gasteiger partial charge in [0.1, 0.15) is 12.4 Å². The number of aryl methyl sites for hydroxylation is 1. The van der Waals surface area contributed by atoms with E-state index in [9.17, 15) is 0 Å². The zero-order valence-electron chi connectivity index (χ0n) is 9.50. The average Bonchev–Trinajstić information content (AvgIpc) is 2.95. The summed E-state index contributed by atoms with van der Waals surface area (Å²) in [6.45, 7) is 2.36. The number of nitriles is 1. The fourth-order valence-corrected chi connectivity index (χ4v) is 1.82. The van der Waals surface area contributed by atoms with E-state index in [1.54, 1.807) is 12.1 Å². The molecular formula is C12H14Cl2N2O. The number of halogens is 2. The van der Waals surface area contributed by atoms with Crippen LogP contribution in [-0.4, -0.2) is 12.1 Å². The third-order valence-corrected chi connectivity index (χ3v) is 3.04. The van der Waals surface area contributed by atoms with Gasteiger partial charge in [-0.25, -0.2) is 0 Å². The maximum absolute atomic E-state index is 8.78. The van der Waals surface area contributed by atoms with Crippen LogP contribution in [0.5, 0.6) is 5.75 Å². The number of hydrogen-bond acceptors (Lipinski definition) is 3. The number of nitrogens with two attached hydrogens (primary N) is 1. The topological polar surface area (TPSA) is 59.0 Å². The van der Waals surface area contributed by atoms with Crippen LogP contribution in [0.2, 0.25) is 5.02 Å². The highest BCUT2D eigenvalue weighted by atomic mass is 35.5. The lowest BCUT2D eigenvalue weighted by Crippen LogP contribution is -2.30. The van der Waals surface area contributed by atoms with Crippen molar-refractivity contribution in [1.82, 2.24) is 0 Å². The maximum atomic E-state index is 8.78. The summed E-state index contributed by atoms with van der Waals surface area (Å²) in [5.41, 5.74) is 7.18. The molecule has 2 N–H and O–H groups in total. The molecule has 0 unspecified atom stereocenters. The van der Waals surface area contributed by atoms with Crippen LogP contribution < -0.4 is 10.5 Å². The summed E-state index contributed by atoms with van der Waals surface area (Å²) in [5, 5.41) is 9.25. The van der Waals surface area contributed by atoms with Crippen molar-refractivity contribution >= 4 is 24.0 Å². The summed E-state index contributed by atoms with van der Waals surface area (Å²) in [4.78, 5) is 0. The smallest absolute Gasteiger partial charge is 0.140 e. The molecule has 5 heteroatoms. The van der Waals surface area contributed by atoms with Gasteiger partial charge in [-0.15, -0.1) is 12.4 Å². The number of ether oxygens (including phenoxy) is 1. The first-order valence-corrected chi connectivity index (χ1v) is 5.54. The maximum Gasteiger partial charge on any atom is 0.140 e. The second-order valence-corrected chi connectivity index (χ2v) is 4.77. The van der Waals surface area contributed by atoms with E-state index in [0.717, 1.165) is 18.4 Å². The van der Waals surface area contributed by atoms with Gasteiger partial charge in [-0.3, -0.25) is 0 Å². The first-order valence-electron chi connectivity index (χ1n) is 5.16. The van der Waals surface area contributed by atoms with Gasteiger partial charge in [0.15, 0.2) is 0 Å². The molecule has 1 saturated carbocycles. The Morgan fingerprint density at radius 3 is 2.65 bits per heavy atom. The number of nitrogens with zero attached hydrogens (tertiary/aromatic N) is 1. The van der Waals surface area contributed by atoms with Crippen LogP contribution in [0.1, 0.15) is 24.0 Å². The molecule has 1 aliphatic carbocycles. The highest BCUT2D eigenvalue weighted by molar-refractivity contribution is 6.32. The SMILES string of the molecule is Cc1cc(C#N)cc(Cl)c1OCC1(N)CC1.Cl. The molecular weight excluding hydrogens is 259 g/mol. The van der Waals surface area contributed by atoms with E-state index in [0.29, 0.717) is 22.9 Å². The lowest BCUT2D eigenvalue weighted by atomic mass is 10.1. The molecule has 2 rings (SSSR count). The van der Waals surface area contributed by atoms with E-state index in [2.05, 4.69) is 6.07 Å². The predicted octanol–water partition coefficient (Wildman–Crippen LogP) is 2.81. The molecule has 1 aromatic carbocycles. The lowest BCUT2D eigenvalue weighted by molar-refractivity contribution is 0.278. The van der Waals surface area contributed by atoms with Crippen LogP contribution in [0.25, 0.3) is 0 Å². The van der Waals surface area contributed by atoms with E-state index in [4.69, 9.17) is 27.3 Å². The van der Waals surface area contributed by atoms with E-state index in [-0.39, 0.29) is 17.9 Å². The molecule has 1 aromatic rings. The quantitative estimate of drug-likeness (QED) is 0.921. The van der Waals surface area contributed by atoms with Gasteiger partial charge in [-0.2, -0.15) is 5.26 Å². The summed E-state index contributed by atoms with van der Waals surface area (Å²) in [5.74, 6) is 0.636. The Bertz CT molecular complexity index is 441. The first-order chi connectivity index (χ1) is 7.54. The van der Waals surface area contributed by atoms with Gasteiger partial charge < -0.3 is 10.5 Å². The molecule has 0 atom stereocenters. The van der Waals surface area contributed by atoms with Crippen molar-refractivity contribution in [2.75, 3.05) is 6.61 Å². The van der Waals surface area contributed by atoms with Gasteiger partial charge in [0.05, 0.1) is 22.2 Å².